The predicted molar refractivity (Wildman–Crippen MR) is 113 cm³/mol. The van der Waals surface area contributed by atoms with E-state index in [2.05, 4.69) is 10.3 Å². The van der Waals surface area contributed by atoms with Crippen molar-refractivity contribution in [1.82, 2.24) is 10.3 Å². The zero-order valence-electron chi connectivity index (χ0n) is 15.5. The van der Waals surface area contributed by atoms with Crippen LogP contribution in [0.15, 0.2) is 72.9 Å². The number of pyridine rings is 1. The van der Waals surface area contributed by atoms with Gasteiger partial charge in [-0.25, -0.2) is 9.78 Å². The predicted octanol–water partition coefficient (Wildman–Crippen LogP) is 4.52. The van der Waals surface area contributed by atoms with Gasteiger partial charge >= 0.3 is 5.97 Å². The molecular formula is C23H18N2O3S. The quantitative estimate of drug-likeness (QED) is 0.497. The summed E-state index contributed by atoms with van der Waals surface area (Å²) in [7, 11) is 0. The third-order valence-corrected chi connectivity index (χ3v) is 5.62. The van der Waals surface area contributed by atoms with E-state index in [0.29, 0.717) is 17.8 Å². The van der Waals surface area contributed by atoms with Crippen LogP contribution in [0.25, 0.3) is 10.2 Å². The van der Waals surface area contributed by atoms with Gasteiger partial charge in [-0.1, -0.05) is 42.5 Å². The van der Waals surface area contributed by atoms with Crippen LogP contribution < -0.4 is 5.32 Å². The number of aromatic carboxylic acids is 1. The van der Waals surface area contributed by atoms with Crippen LogP contribution in [0.2, 0.25) is 0 Å². The Labute approximate surface area is 171 Å². The van der Waals surface area contributed by atoms with Gasteiger partial charge in [0.25, 0.3) is 5.91 Å². The van der Waals surface area contributed by atoms with Gasteiger partial charge in [-0.05, 0) is 47.4 Å². The fourth-order valence-corrected chi connectivity index (χ4v) is 3.95. The van der Waals surface area contributed by atoms with Crippen molar-refractivity contribution in [2.45, 2.75) is 13.0 Å². The SMILES string of the molecule is O=C(O)c1ccc(Cc2cnc3sc(C(=O)NCc4ccccc4)cc3c2)cc1. The third-order valence-electron chi connectivity index (χ3n) is 4.56. The lowest BCUT2D eigenvalue weighted by atomic mass is 10.0. The van der Waals surface area contributed by atoms with Crippen LogP contribution in [0.4, 0.5) is 0 Å². The molecular weight excluding hydrogens is 384 g/mol. The van der Waals surface area contributed by atoms with Crippen molar-refractivity contribution in [1.29, 1.82) is 0 Å². The molecule has 2 heterocycles. The molecule has 2 aromatic carbocycles. The minimum Gasteiger partial charge on any atom is -0.478 e. The molecule has 0 radical (unpaired) electrons. The Morgan fingerprint density at radius 3 is 2.41 bits per heavy atom. The van der Waals surface area contributed by atoms with E-state index in [1.807, 2.05) is 54.6 Å². The van der Waals surface area contributed by atoms with Crippen molar-refractivity contribution in [3.8, 4) is 0 Å². The van der Waals surface area contributed by atoms with Crippen molar-refractivity contribution in [2.75, 3.05) is 0 Å². The first-order chi connectivity index (χ1) is 14.1. The highest BCUT2D eigenvalue weighted by molar-refractivity contribution is 7.20. The second-order valence-corrected chi connectivity index (χ2v) is 7.73. The smallest absolute Gasteiger partial charge is 0.335 e. The van der Waals surface area contributed by atoms with Gasteiger partial charge < -0.3 is 10.4 Å². The van der Waals surface area contributed by atoms with Crippen LogP contribution in [-0.2, 0) is 13.0 Å². The number of rotatable bonds is 6. The lowest BCUT2D eigenvalue weighted by molar-refractivity contribution is 0.0696. The largest absolute Gasteiger partial charge is 0.478 e. The molecule has 1 amide bonds. The molecule has 4 rings (SSSR count). The third kappa shape index (κ3) is 4.50. The van der Waals surface area contributed by atoms with E-state index < -0.39 is 5.97 Å². The average Bonchev–Trinajstić information content (AvgIpc) is 3.17. The number of amides is 1. The lowest BCUT2D eigenvalue weighted by Gasteiger charge is -2.03. The standard InChI is InChI=1S/C23H18N2O3S/c26-21(24-13-16-4-2-1-3-5-16)20-12-19-11-17(14-25-22(19)29-20)10-15-6-8-18(9-7-15)23(27)28/h1-9,11-12,14H,10,13H2,(H,24,26)(H,27,28). The highest BCUT2D eigenvalue weighted by Gasteiger charge is 2.12. The van der Waals surface area contributed by atoms with Crippen LogP contribution in [0.3, 0.4) is 0 Å². The van der Waals surface area contributed by atoms with Crippen LogP contribution in [0.5, 0.6) is 0 Å². The van der Waals surface area contributed by atoms with Gasteiger partial charge in [0, 0.05) is 18.1 Å². The van der Waals surface area contributed by atoms with Crippen molar-refractivity contribution < 1.29 is 14.7 Å². The average molecular weight is 402 g/mol. The van der Waals surface area contributed by atoms with E-state index in [1.165, 1.54) is 11.3 Å². The molecule has 0 aliphatic rings. The van der Waals surface area contributed by atoms with Gasteiger partial charge in [0.1, 0.15) is 4.83 Å². The monoisotopic (exact) mass is 402 g/mol. The number of aromatic nitrogens is 1. The number of carboxylic acid groups (broad SMARTS) is 1. The minimum absolute atomic E-state index is 0.109. The molecule has 0 bridgehead atoms. The van der Waals surface area contributed by atoms with Gasteiger partial charge in [-0.3, -0.25) is 4.79 Å². The normalized spacial score (nSPS) is 10.8. The first-order valence-corrected chi connectivity index (χ1v) is 9.93. The van der Waals surface area contributed by atoms with E-state index in [9.17, 15) is 9.59 Å². The van der Waals surface area contributed by atoms with Crippen molar-refractivity contribution >= 4 is 33.4 Å². The summed E-state index contributed by atoms with van der Waals surface area (Å²) in [5.41, 5.74) is 3.34. The number of nitrogens with zero attached hydrogens (tertiary/aromatic N) is 1. The summed E-state index contributed by atoms with van der Waals surface area (Å²) < 4.78 is 0. The minimum atomic E-state index is -0.934. The second-order valence-electron chi connectivity index (χ2n) is 6.70. The summed E-state index contributed by atoms with van der Waals surface area (Å²) in [5, 5.41) is 12.9. The molecule has 2 aromatic heterocycles. The number of benzene rings is 2. The van der Waals surface area contributed by atoms with Crippen molar-refractivity contribution in [2.24, 2.45) is 0 Å². The van der Waals surface area contributed by atoms with E-state index in [0.717, 1.165) is 26.9 Å². The van der Waals surface area contributed by atoms with E-state index in [4.69, 9.17) is 5.11 Å². The van der Waals surface area contributed by atoms with Gasteiger partial charge in [0.15, 0.2) is 0 Å². The highest BCUT2D eigenvalue weighted by atomic mass is 32.1. The summed E-state index contributed by atoms with van der Waals surface area (Å²) in [4.78, 5) is 29.4. The maximum absolute atomic E-state index is 12.5. The molecule has 0 saturated heterocycles. The fourth-order valence-electron chi connectivity index (χ4n) is 3.05. The molecule has 2 N–H and O–H groups in total. The summed E-state index contributed by atoms with van der Waals surface area (Å²) in [6.45, 7) is 0.485. The number of hydrogen-bond acceptors (Lipinski definition) is 4. The Morgan fingerprint density at radius 2 is 1.69 bits per heavy atom. The van der Waals surface area contributed by atoms with Gasteiger partial charge in [-0.2, -0.15) is 0 Å². The topological polar surface area (TPSA) is 79.3 Å². The number of carbonyl (C=O) groups excluding carboxylic acids is 1. The van der Waals surface area contributed by atoms with E-state index >= 15 is 0 Å². The Bertz CT molecular complexity index is 1170. The molecule has 0 fully saturated rings. The molecule has 0 unspecified atom stereocenters. The zero-order valence-corrected chi connectivity index (χ0v) is 16.3. The van der Waals surface area contributed by atoms with E-state index in [1.54, 1.807) is 18.3 Å². The second kappa shape index (κ2) is 8.24. The highest BCUT2D eigenvalue weighted by Crippen LogP contribution is 2.25. The van der Waals surface area contributed by atoms with Gasteiger partial charge in [-0.15, -0.1) is 11.3 Å². The summed E-state index contributed by atoms with van der Waals surface area (Å²) in [6, 6.07) is 20.5. The Morgan fingerprint density at radius 1 is 0.931 bits per heavy atom. The maximum atomic E-state index is 12.5. The first-order valence-electron chi connectivity index (χ1n) is 9.11. The molecule has 0 aliphatic carbocycles. The molecule has 0 spiro atoms. The van der Waals surface area contributed by atoms with Crippen LogP contribution in [-0.4, -0.2) is 22.0 Å². The van der Waals surface area contributed by atoms with E-state index in [-0.39, 0.29) is 11.5 Å². The van der Waals surface area contributed by atoms with Gasteiger partial charge in [0.05, 0.1) is 10.4 Å². The Balaban J connectivity index is 1.47. The van der Waals surface area contributed by atoms with Crippen molar-refractivity contribution in [3.05, 3.63) is 100 Å². The van der Waals surface area contributed by atoms with Crippen LogP contribution in [0.1, 0.15) is 36.7 Å². The van der Waals surface area contributed by atoms with Crippen LogP contribution >= 0.6 is 11.3 Å². The molecule has 0 saturated carbocycles. The first kappa shape index (κ1) is 18.8. The molecule has 29 heavy (non-hydrogen) atoms. The number of hydrogen-bond donors (Lipinski definition) is 2. The molecule has 144 valence electrons. The Hall–Kier alpha value is -3.51. The van der Waals surface area contributed by atoms with Crippen molar-refractivity contribution in [3.63, 3.8) is 0 Å². The summed E-state index contributed by atoms with van der Waals surface area (Å²) in [6.07, 6.45) is 2.45. The summed E-state index contributed by atoms with van der Waals surface area (Å²) in [5.74, 6) is -1.04. The molecule has 4 aromatic rings. The molecule has 0 aliphatic heterocycles. The fraction of sp³-hybridized carbons (Fsp3) is 0.0870. The molecule has 5 nitrogen and oxygen atoms in total. The number of carbonyl (C=O) groups is 2. The summed E-state index contributed by atoms with van der Waals surface area (Å²) >= 11 is 1.37. The Kier molecular flexibility index (Phi) is 5.35. The van der Waals surface area contributed by atoms with Crippen LogP contribution in [0, 0.1) is 0 Å². The number of nitrogens with one attached hydrogen (secondary N) is 1. The number of fused-ring (bicyclic) bond motifs is 1. The maximum Gasteiger partial charge on any atom is 0.335 e. The van der Waals surface area contributed by atoms with Gasteiger partial charge in [0.2, 0.25) is 0 Å². The zero-order chi connectivity index (χ0) is 20.2. The number of carboxylic acids is 1. The number of thiophene rings is 1. The molecule has 0 atom stereocenters. The molecule has 6 heteroatoms. The lowest BCUT2D eigenvalue weighted by Crippen LogP contribution is -2.21.